The van der Waals surface area contributed by atoms with E-state index in [4.69, 9.17) is 4.74 Å². The number of ether oxygens (including phenoxy) is 1. The first-order valence-electron chi connectivity index (χ1n) is 5.10. The minimum atomic E-state index is 0.367. The van der Waals surface area contributed by atoms with E-state index in [0.717, 1.165) is 13.0 Å². The van der Waals surface area contributed by atoms with E-state index in [9.17, 15) is 0 Å². The summed E-state index contributed by atoms with van der Waals surface area (Å²) in [7, 11) is 0. The Hall–Kier alpha value is -0.820. The molecule has 0 spiro atoms. The van der Waals surface area contributed by atoms with Gasteiger partial charge in [0.15, 0.2) is 0 Å². The molecule has 1 nitrogen and oxygen atoms in total. The van der Waals surface area contributed by atoms with E-state index in [2.05, 4.69) is 31.2 Å². The quantitative estimate of drug-likeness (QED) is 0.672. The van der Waals surface area contributed by atoms with Crippen LogP contribution in [0.2, 0.25) is 0 Å². The van der Waals surface area contributed by atoms with Gasteiger partial charge in [0.1, 0.15) is 0 Å². The van der Waals surface area contributed by atoms with E-state index in [0.29, 0.717) is 6.10 Å². The monoisotopic (exact) mass is 176 g/mol. The minimum Gasteiger partial charge on any atom is -0.374 e. The van der Waals surface area contributed by atoms with Crippen LogP contribution in [0.15, 0.2) is 24.3 Å². The van der Waals surface area contributed by atoms with E-state index in [1.165, 1.54) is 24.0 Å². The van der Waals surface area contributed by atoms with Crippen LogP contribution in [0.4, 0.5) is 0 Å². The lowest BCUT2D eigenvalue weighted by Crippen LogP contribution is -1.95. The maximum Gasteiger partial charge on any atom is 0.0825 e. The van der Waals surface area contributed by atoms with E-state index in [1.54, 1.807) is 0 Å². The summed E-state index contributed by atoms with van der Waals surface area (Å²) in [6, 6.07) is 8.82. The van der Waals surface area contributed by atoms with Crippen molar-refractivity contribution in [2.24, 2.45) is 0 Å². The van der Waals surface area contributed by atoms with Crippen LogP contribution in [-0.4, -0.2) is 6.61 Å². The fourth-order valence-corrected chi connectivity index (χ4v) is 1.81. The molecule has 1 aliphatic heterocycles. The van der Waals surface area contributed by atoms with E-state index in [-0.39, 0.29) is 0 Å². The van der Waals surface area contributed by atoms with Crippen molar-refractivity contribution in [2.45, 2.75) is 32.3 Å². The molecule has 0 aliphatic carbocycles. The van der Waals surface area contributed by atoms with Gasteiger partial charge in [0, 0.05) is 6.61 Å². The normalized spacial score (nSPS) is 22.1. The summed E-state index contributed by atoms with van der Waals surface area (Å²) in [5.41, 5.74) is 2.75. The standard InChI is InChI=1S/C12H16O/c1-2-10-5-7-11(8-6-10)12-4-3-9-13-12/h5-8,12H,2-4,9H2,1H3/t12-/m0/s1. The van der Waals surface area contributed by atoms with Gasteiger partial charge in [-0.25, -0.2) is 0 Å². The first-order chi connectivity index (χ1) is 6.40. The van der Waals surface area contributed by atoms with Crippen LogP contribution in [0.3, 0.4) is 0 Å². The van der Waals surface area contributed by atoms with Gasteiger partial charge in [-0.2, -0.15) is 0 Å². The molecule has 1 atom stereocenters. The molecular weight excluding hydrogens is 160 g/mol. The van der Waals surface area contributed by atoms with Crippen LogP contribution in [-0.2, 0) is 11.2 Å². The molecule has 0 amide bonds. The fourth-order valence-electron chi connectivity index (χ4n) is 1.81. The molecule has 70 valence electrons. The summed E-state index contributed by atoms with van der Waals surface area (Å²) < 4.78 is 5.61. The molecule has 0 aromatic heterocycles. The SMILES string of the molecule is CCc1ccc([C@@H]2CCCO2)cc1. The predicted molar refractivity (Wildman–Crippen MR) is 53.7 cm³/mol. The molecule has 0 radical (unpaired) electrons. The van der Waals surface area contributed by atoms with Crippen LogP contribution in [0, 0.1) is 0 Å². The Morgan fingerprint density at radius 2 is 2.08 bits per heavy atom. The highest BCUT2D eigenvalue weighted by atomic mass is 16.5. The summed E-state index contributed by atoms with van der Waals surface area (Å²) in [6.45, 7) is 3.11. The van der Waals surface area contributed by atoms with E-state index in [1.807, 2.05) is 0 Å². The van der Waals surface area contributed by atoms with Gasteiger partial charge in [-0.1, -0.05) is 31.2 Å². The molecule has 0 saturated carbocycles. The van der Waals surface area contributed by atoms with Gasteiger partial charge in [-0.05, 0) is 30.4 Å². The first kappa shape index (κ1) is 8.76. The van der Waals surface area contributed by atoms with Crippen LogP contribution in [0.25, 0.3) is 0 Å². The highest BCUT2D eigenvalue weighted by Crippen LogP contribution is 2.28. The maximum absolute atomic E-state index is 5.61. The van der Waals surface area contributed by atoms with Crippen molar-refractivity contribution in [3.63, 3.8) is 0 Å². The van der Waals surface area contributed by atoms with Gasteiger partial charge in [-0.3, -0.25) is 0 Å². The zero-order valence-electron chi connectivity index (χ0n) is 8.12. The van der Waals surface area contributed by atoms with Crippen molar-refractivity contribution in [3.05, 3.63) is 35.4 Å². The molecule has 0 unspecified atom stereocenters. The molecule has 1 aliphatic rings. The van der Waals surface area contributed by atoms with Crippen LogP contribution in [0.1, 0.15) is 37.0 Å². The largest absolute Gasteiger partial charge is 0.374 e. The number of hydrogen-bond acceptors (Lipinski definition) is 1. The van der Waals surface area contributed by atoms with Crippen molar-refractivity contribution < 1.29 is 4.74 Å². The second-order valence-corrected chi connectivity index (χ2v) is 3.60. The van der Waals surface area contributed by atoms with Gasteiger partial charge in [0.2, 0.25) is 0 Å². The van der Waals surface area contributed by atoms with Crippen LogP contribution >= 0.6 is 0 Å². The molecule has 0 bridgehead atoms. The first-order valence-corrected chi connectivity index (χ1v) is 5.10. The van der Waals surface area contributed by atoms with Crippen molar-refractivity contribution >= 4 is 0 Å². The number of benzene rings is 1. The Balaban J connectivity index is 2.12. The van der Waals surface area contributed by atoms with Crippen LogP contribution in [0.5, 0.6) is 0 Å². The van der Waals surface area contributed by atoms with Gasteiger partial charge in [0.05, 0.1) is 6.10 Å². The van der Waals surface area contributed by atoms with Crippen LogP contribution < -0.4 is 0 Å². The van der Waals surface area contributed by atoms with Gasteiger partial charge >= 0.3 is 0 Å². The van der Waals surface area contributed by atoms with E-state index < -0.39 is 0 Å². The molecule has 0 N–H and O–H groups in total. The molecule has 2 rings (SSSR count). The zero-order valence-corrected chi connectivity index (χ0v) is 8.12. The highest BCUT2D eigenvalue weighted by molar-refractivity contribution is 5.24. The molecule has 1 fully saturated rings. The number of aryl methyl sites for hydroxylation is 1. The van der Waals surface area contributed by atoms with Gasteiger partial charge in [0.25, 0.3) is 0 Å². The summed E-state index contributed by atoms with van der Waals surface area (Å²) in [5.74, 6) is 0. The van der Waals surface area contributed by atoms with Crippen molar-refractivity contribution in [1.29, 1.82) is 0 Å². The second-order valence-electron chi connectivity index (χ2n) is 3.60. The van der Waals surface area contributed by atoms with E-state index >= 15 is 0 Å². The molecule has 13 heavy (non-hydrogen) atoms. The highest BCUT2D eigenvalue weighted by Gasteiger charge is 2.16. The predicted octanol–water partition coefficient (Wildman–Crippen LogP) is 3.10. The Bertz CT molecular complexity index is 257. The maximum atomic E-state index is 5.61. The third kappa shape index (κ3) is 1.92. The molecule has 1 aromatic rings. The third-order valence-corrected chi connectivity index (χ3v) is 2.69. The molecular formula is C12H16O. The second kappa shape index (κ2) is 3.93. The van der Waals surface area contributed by atoms with Gasteiger partial charge in [-0.15, -0.1) is 0 Å². The lowest BCUT2D eigenvalue weighted by atomic mass is 10.0. The average molecular weight is 176 g/mol. The average Bonchev–Trinajstić information content (AvgIpc) is 2.71. The number of rotatable bonds is 2. The van der Waals surface area contributed by atoms with Crippen molar-refractivity contribution in [2.75, 3.05) is 6.61 Å². The third-order valence-electron chi connectivity index (χ3n) is 2.69. The van der Waals surface area contributed by atoms with Gasteiger partial charge < -0.3 is 4.74 Å². The molecule has 1 aromatic carbocycles. The summed E-state index contributed by atoms with van der Waals surface area (Å²) in [4.78, 5) is 0. The topological polar surface area (TPSA) is 9.23 Å². The zero-order chi connectivity index (χ0) is 9.10. The fraction of sp³-hybridized carbons (Fsp3) is 0.500. The molecule has 1 heterocycles. The lowest BCUT2D eigenvalue weighted by molar-refractivity contribution is 0.112. The Labute approximate surface area is 79.7 Å². The Morgan fingerprint density at radius 3 is 2.62 bits per heavy atom. The molecule has 1 heteroatoms. The summed E-state index contributed by atoms with van der Waals surface area (Å²) >= 11 is 0. The Morgan fingerprint density at radius 1 is 1.31 bits per heavy atom. The van der Waals surface area contributed by atoms with Crippen molar-refractivity contribution in [1.82, 2.24) is 0 Å². The number of hydrogen-bond donors (Lipinski definition) is 0. The molecule has 1 saturated heterocycles. The lowest BCUT2D eigenvalue weighted by Gasteiger charge is -2.09. The smallest absolute Gasteiger partial charge is 0.0825 e. The van der Waals surface area contributed by atoms with Crippen molar-refractivity contribution in [3.8, 4) is 0 Å². The summed E-state index contributed by atoms with van der Waals surface area (Å²) in [5, 5.41) is 0. The summed E-state index contributed by atoms with van der Waals surface area (Å²) in [6.07, 6.45) is 3.88. The minimum absolute atomic E-state index is 0.367. The Kier molecular flexibility index (Phi) is 2.65.